The highest BCUT2D eigenvalue weighted by molar-refractivity contribution is 7.88. The highest BCUT2D eigenvalue weighted by atomic mass is 32.2. The molecule has 0 heterocycles. The van der Waals surface area contributed by atoms with Crippen LogP contribution in [0.1, 0.15) is 52.5 Å². The molecule has 0 radical (unpaired) electrons. The van der Waals surface area contributed by atoms with Gasteiger partial charge < -0.3 is 20.8 Å². The standard InChI is InChI=1S/C23H39N3O6S/c1-18(2)11-14-26(33(5,31)32)23(30,15-19-9-7-6-8-10-19)12-13-24-20(27)16-22(3,4)17-25-21(28)29/h6-10,18,25,30H,11-17H2,1-5H3,(H,24,27)(H,28,29). The molecule has 0 saturated carbocycles. The third-order valence-electron chi connectivity index (χ3n) is 5.31. The van der Waals surface area contributed by atoms with Gasteiger partial charge in [-0.3, -0.25) is 4.79 Å². The summed E-state index contributed by atoms with van der Waals surface area (Å²) in [5.74, 6) is -0.0566. The number of aliphatic hydroxyl groups is 1. The van der Waals surface area contributed by atoms with Crippen LogP contribution in [0.25, 0.3) is 0 Å². The van der Waals surface area contributed by atoms with Crippen LogP contribution in [0.2, 0.25) is 0 Å². The van der Waals surface area contributed by atoms with Gasteiger partial charge in [0.2, 0.25) is 15.9 Å². The molecule has 1 aromatic rings. The molecule has 4 N–H and O–H groups in total. The zero-order chi connectivity index (χ0) is 25.3. The minimum Gasteiger partial charge on any atom is -0.465 e. The van der Waals surface area contributed by atoms with Crippen molar-refractivity contribution < 1.29 is 28.2 Å². The zero-order valence-corrected chi connectivity index (χ0v) is 21.1. The topological polar surface area (TPSA) is 136 Å². The van der Waals surface area contributed by atoms with E-state index in [1.54, 1.807) is 13.8 Å². The predicted molar refractivity (Wildman–Crippen MR) is 128 cm³/mol. The molecule has 0 bridgehead atoms. The van der Waals surface area contributed by atoms with Gasteiger partial charge in [0.25, 0.3) is 0 Å². The summed E-state index contributed by atoms with van der Waals surface area (Å²) in [7, 11) is -3.73. The van der Waals surface area contributed by atoms with Crippen molar-refractivity contribution in [2.24, 2.45) is 11.3 Å². The number of rotatable bonds is 14. The number of carboxylic acid groups (broad SMARTS) is 1. The van der Waals surface area contributed by atoms with Crippen LogP contribution in [0.3, 0.4) is 0 Å². The Hall–Kier alpha value is -2.17. The first-order chi connectivity index (χ1) is 15.1. The van der Waals surface area contributed by atoms with E-state index in [0.717, 1.165) is 16.1 Å². The van der Waals surface area contributed by atoms with E-state index in [-0.39, 0.29) is 50.7 Å². The average molecular weight is 486 g/mol. The number of nitrogens with zero attached hydrogens (tertiary/aromatic N) is 1. The van der Waals surface area contributed by atoms with Gasteiger partial charge in [0.1, 0.15) is 5.72 Å². The van der Waals surface area contributed by atoms with Gasteiger partial charge in [0, 0.05) is 38.9 Å². The molecule has 33 heavy (non-hydrogen) atoms. The van der Waals surface area contributed by atoms with Crippen molar-refractivity contribution in [2.75, 3.05) is 25.9 Å². The van der Waals surface area contributed by atoms with E-state index in [9.17, 15) is 23.1 Å². The minimum atomic E-state index is -3.73. The van der Waals surface area contributed by atoms with Gasteiger partial charge in [-0.2, -0.15) is 4.31 Å². The fraction of sp³-hybridized carbons (Fsp3) is 0.652. The molecule has 1 aromatic carbocycles. The Labute approximate surface area is 197 Å². The van der Waals surface area contributed by atoms with E-state index < -0.39 is 27.3 Å². The van der Waals surface area contributed by atoms with Crippen LogP contribution in [0.5, 0.6) is 0 Å². The van der Waals surface area contributed by atoms with E-state index in [2.05, 4.69) is 10.6 Å². The highest BCUT2D eigenvalue weighted by Crippen LogP contribution is 2.26. The molecule has 0 aliphatic carbocycles. The third kappa shape index (κ3) is 11.0. The fourth-order valence-electron chi connectivity index (χ4n) is 3.56. The van der Waals surface area contributed by atoms with E-state index in [1.807, 2.05) is 44.2 Å². The number of benzene rings is 1. The first-order valence-corrected chi connectivity index (χ1v) is 13.0. The van der Waals surface area contributed by atoms with E-state index in [0.29, 0.717) is 6.42 Å². The van der Waals surface area contributed by atoms with Crippen LogP contribution in [-0.4, -0.2) is 66.6 Å². The molecule has 2 amide bonds. The van der Waals surface area contributed by atoms with Crippen molar-refractivity contribution in [1.29, 1.82) is 0 Å². The predicted octanol–water partition coefficient (Wildman–Crippen LogP) is 2.42. The molecular weight excluding hydrogens is 446 g/mol. The summed E-state index contributed by atoms with van der Waals surface area (Å²) in [5, 5.41) is 25.4. The Morgan fingerprint density at radius 1 is 1.12 bits per heavy atom. The Kier molecular flexibility index (Phi) is 10.8. The van der Waals surface area contributed by atoms with Gasteiger partial charge in [0.15, 0.2) is 0 Å². The van der Waals surface area contributed by atoms with Crippen molar-refractivity contribution in [3.63, 3.8) is 0 Å². The van der Waals surface area contributed by atoms with Gasteiger partial charge in [-0.15, -0.1) is 0 Å². The monoisotopic (exact) mass is 485 g/mol. The lowest BCUT2D eigenvalue weighted by Crippen LogP contribution is -2.55. The van der Waals surface area contributed by atoms with Crippen LogP contribution in [0, 0.1) is 11.3 Å². The lowest BCUT2D eigenvalue weighted by atomic mass is 9.89. The van der Waals surface area contributed by atoms with Crippen LogP contribution in [0.4, 0.5) is 4.79 Å². The van der Waals surface area contributed by atoms with Crippen molar-refractivity contribution >= 4 is 22.0 Å². The Balaban J connectivity index is 2.96. The van der Waals surface area contributed by atoms with E-state index in [1.165, 1.54) is 0 Å². The molecular formula is C23H39N3O6S. The average Bonchev–Trinajstić information content (AvgIpc) is 2.65. The van der Waals surface area contributed by atoms with E-state index >= 15 is 0 Å². The molecule has 0 spiro atoms. The second-order valence-corrected chi connectivity index (χ2v) is 11.7. The maximum Gasteiger partial charge on any atom is 0.404 e. The normalized spacial score (nSPS) is 14.2. The lowest BCUT2D eigenvalue weighted by molar-refractivity contribution is -0.123. The van der Waals surface area contributed by atoms with E-state index in [4.69, 9.17) is 5.11 Å². The van der Waals surface area contributed by atoms with Crippen molar-refractivity contribution in [2.45, 2.75) is 59.1 Å². The summed E-state index contributed by atoms with van der Waals surface area (Å²) >= 11 is 0. The van der Waals surface area contributed by atoms with Gasteiger partial charge in [-0.05, 0) is 23.3 Å². The van der Waals surface area contributed by atoms with Crippen molar-refractivity contribution in [1.82, 2.24) is 14.9 Å². The molecule has 0 fully saturated rings. The molecule has 9 nitrogen and oxygen atoms in total. The van der Waals surface area contributed by atoms with Gasteiger partial charge >= 0.3 is 6.09 Å². The number of nitrogens with one attached hydrogen (secondary N) is 2. The summed E-state index contributed by atoms with van der Waals surface area (Å²) < 4.78 is 26.4. The molecule has 1 rings (SSSR count). The van der Waals surface area contributed by atoms with Crippen LogP contribution in [-0.2, 0) is 21.2 Å². The molecule has 0 aliphatic rings. The Morgan fingerprint density at radius 3 is 2.24 bits per heavy atom. The Bertz CT molecular complexity index is 873. The molecule has 0 aromatic heterocycles. The quantitative estimate of drug-likeness (QED) is 0.299. The number of sulfonamides is 1. The SMILES string of the molecule is CC(C)CCN(C(O)(CCNC(=O)CC(C)(C)CNC(=O)O)Cc1ccccc1)S(C)(=O)=O. The van der Waals surface area contributed by atoms with Crippen LogP contribution >= 0.6 is 0 Å². The molecule has 10 heteroatoms. The maximum atomic E-state index is 12.6. The second-order valence-electron chi connectivity index (χ2n) is 9.76. The number of hydrogen-bond acceptors (Lipinski definition) is 5. The van der Waals surface area contributed by atoms with Crippen molar-refractivity contribution in [3.8, 4) is 0 Å². The number of carbonyl (C=O) groups excluding carboxylic acids is 1. The smallest absolute Gasteiger partial charge is 0.404 e. The molecule has 1 unspecified atom stereocenters. The summed E-state index contributed by atoms with van der Waals surface area (Å²) in [5.41, 5.74) is -1.53. The zero-order valence-electron chi connectivity index (χ0n) is 20.3. The first-order valence-electron chi connectivity index (χ1n) is 11.1. The molecule has 188 valence electrons. The minimum absolute atomic E-state index is 0.00655. The summed E-state index contributed by atoms with van der Waals surface area (Å²) in [6.45, 7) is 7.86. The van der Waals surface area contributed by atoms with Gasteiger partial charge in [0.05, 0.1) is 6.26 Å². The summed E-state index contributed by atoms with van der Waals surface area (Å²) in [4.78, 5) is 23.1. The highest BCUT2D eigenvalue weighted by Gasteiger charge is 2.40. The maximum absolute atomic E-state index is 12.6. The summed E-state index contributed by atoms with van der Waals surface area (Å²) in [6.07, 6.45) is 0.682. The first kappa shape index (κ1) is 28.9. The Morgan fingerprint density at radius 2 is 1.73 bits per heavy atom. The van der Waals surface area contributed by atoms with Gasteiger partial charge in [-0.25, -0.2) is 13.2 Å². The molecule has 1 atom stereocenters. The van der Waals surface area contributed by atoms with Crippen LogP contribution in [0.15, 0.2) is 30.3 Å². The lowest BCUT2D eigenvalue weighted by Gasteiger charge is -2.39. The largest absolute Gasteiger partial charge is 0.465 e. The van der Waals surface area contributed by atoms with Crippen molar-refractivity contribution in [3.05, 3.63) is 35.9 Å². The number of carbonyl (C=O) groups is 2. The third-order valence-corrected chi connectivity index (χ3v) is 6.63. The molecule has 0 saturated heterocycles. The second kappa shape index (κ2) is 12.3. The van der Waals surface area contributed by atoms with Gasteiger partial charge in [-0.1, -0.05) is 58.0 Å². The molecule has 0 aliphatic heterocycles. The fourth-order valence-corrected chi connectivity index (χ4v) is 4.77. The van der Waals surface area contributed by atoms with Crippen LogP contribution < -0.4 is 10.6 Å². The number of amides is 2. The number of hydrogen-bond donors (Lipinski definition) is 4. The summed E-state index contributed by atoms with van der Waals surface area (Å²) in [6, 6.07) is 9.14.